The molecule has 0 aromatic carbocycles. The van der Waals surface area contributed by atoms with Gasteiger partial charge in [0.2, 0.25) is 5.91 Å². The van der Waals surface area contributed by atoms with Gasteiger partial charge in [0.15, 0.2) is 0 Å². The van der Waals surface area contributed by atoms with Gasteiger partial charge < -0.3 is 19.5 Å². The van der Waals surface area contributed by atoms with E-state index in [0.29, 0.717) is 19.5 Å². The standard InChI is InChI=1S/C13H21N3O2/c1-15-6-8-16(9-7-15)13(17)4-5-14-11-12-3-2-10-18-12/h2-3,10,14H,4-9,11H2,1H3. The molecule has 2 rings (SSSR count). The van der Waals surface area contributed by atoms with Crippen LogP contribution in [0.4, 0.5) is 0 Å². The number of rotatable bonds is 5. The zero-order valence-corrected chi connectivity index (χ0v) is 10.9. The molecule has 0 radical (unpaired) electrons. The molecule has 0 unspecified atom stereocenters. The first-order chi connectivity index (χ1) is 8.75. The molecular weight excluding hydrogens is 230 g/mol. The third-order valence-electron chi connectivity index (χ3n) is 3.25. The lowest BCUT2D eigenvalue weighted by Crippen LogP contribution is -2.47. The Morgan fingerprint density at radius 2 is 2.17 bits per heavy atom. The quantitative estimate of drug-likeness (QED) is 0.776. The summed E-state index contributed by atoms with van der Waals surface area (Å²) in [4.78, 5) is 16.1. The third-order valence-corrected chi connectivity index (χ3v) is 3.25. The number of piperazine rings is 1. The first-order valence-electron chi connectivity index (χ1n) is 6.45. The topological polar surface area (TPSA) is 48.7 Å². The van der Waals surface area contributed by atoms with Crippen LogP contribution in [0.5, 0.6) is 0 Å². The predicted molar refractivity (Wildman–Crippen MR) is 69.1 cm³/mol. The van der Waals surface area contributed by atoms with Crippen molar-refractivity contribution in [1.29, 1.82) is 0 Å². The molecule has 2 heterocycles. The van der Waals surface area contributed by atoms with Gasteiger partial charge in [0.1, 0.15) is 5.76 Å². The third kappa shape index (κ3) is 3.85. The van der Waals surface area contributed by atoms with E-state index in [1.165, 1.54) is 0 Å². The minimum atomic E-state index is 0.245. The number of carbonyl (C=O) groups excluding carboxylic acids is 1. The van der Waals surface area contributed by atoms with E-state index >= 15 is 0 Å². The Hall–Kier alpha value is -1.33. The Balaban J connectivity index is 1.60. The molecule has 1 aliphatic heterocycles. The molecule has 100 valence electrons. The second-order valence-electron chi connectivity index (χ2n) is 4.69. The van der Waals surface area contributed by atoms with Crippen LogP contribution < -0.4 is 5.32 Å². The number of amides is 1. The SMILES string of the molecule is CN1CCN(C(=O)CCNCc2ccco2)CC1. The van der Waals surface area contributed by atoms with Crippen LogP contribution in [0.15, 0.2) is 22.8 Å². The van der Waals surface area contributed by atoms with Gasteiger partial charge >= 0.3 is 0 Å². The molecule has 0 saturated carbocycles. The second kappa shape index (κ2) is 6.56. The smallest absolute Gasteiger partial charge is 0.223 e. The van der Waals surface area contributed by atoms with Gasteiger partial charge in [0, 0.05) is 39.1 Å². The Labute approximate surface area is 108 Å². The summed E-state index contributed by atoms with van der Waals surface area (Å²) < 4.78 is 5.21. The van der Waals surface area contributed by atoms with E-state index in [2.05, 4.69) is 17.3 Å². The van der Waals surface area contributed by atoms with E-state index in [1.807, 2.05) is 17.0 Å². The van der Waals surface area contributed by atoms with Gasteiger partial charge in [-0.2, -0.15) is 0 Å². The molecule has 0 bridgehead atoms. The molecule has 1 N–H and O–H groups in total. The molecule has 0 atom stereocenters. The lowest BCUT2D eigenvalue weighted by atomic mass is 10.3. The Morgan fingerprint density at radius 1 is 1.39 bits per heavy atom. The fourth-order valence-corrected chi connectivity index (χ4v) is 2.03. The van der Waals surface area contributed by atoms with Gasteiger partial charge in [-0.15, -0.1) is 0 Å². The van der Waals surface area contributed by atoms with E-state index in [1.54, 1.807) is 6.26 Å². The summed E-state index contributed by atoms with van der Waals surface area (Å²) in [7, 11) is 2.09. The summed E-state index contributed by atoms with van der Waals surface area (Å²) in [5.74, 6) is 1.15. The highest BCUT2D eigenvalue weighted by molar-refractivity contribution is 5.76. The first kappa shape index (κ1) is 13.1. The highest BCUT2D eigenvalue weighted by Crippen LogP contribution is 2.02. The maximum atomic E-state index is 11.9. The molecule has 1 aromatic heterocycles. The molecule has 0 aliphatic carbocycles. The van der Waals surface area contributed by atoms with Crippen molar-refractivity contribution in [2.75, 3.05) is 39.8 Å². The van der Waals surface area contributed by atoms with Crippen molar-refractivity contribution < 1.29 is 9.21 Å². The lowest BCUT2D eigenvalue weighted by Gasteiger charge is -2.32. The maximum Gasteiger partial charge on any atom is 0.223 e. The average molecular weight is 251 g/mol. The van der Waals surface area contributed by atoms with Crippen LogP contribution in [0.2, 0.25) is 0 Å². The molecular formula is C13H21N3O2. The fraction of sp³-hybridized carbons (Fsp3) is 0.615. The van der Waals surface area contributed by atoms with Crippen LogP contribution in [0.3, 0.4) is 0 Å². The molecule has 5 heteroatoms. The van der Waals surface area contributed by atoms with Crippen LogP contribution in [-0.2, 0) is 11.3 Å². The van der Waals surface area contributed by atoms with Crippen LogP contribution in [0, 0.1) is 0 Å². The number of hydrogen-bond donors (Lipinski definition) is 1. The largest absolute Gasteiger partial charge is 0.468 e. The Morgan fingerprint density at radius 3 is 2.83 bits per heavy atom. The van der Waals surface area contributed by atoms with E-state index in [0.717, 1.165) is 31.9 Å². The van der Waals surface area contributed by atoms with E-state index in [-0.39, 0.29) is 5.91 Å². The lowest BCUT2D eigenvalue weighted by molar-refractivity contribution is -0.132. The summed E-state index contributed by atoms with van der Waals surface area (Å²) >= 11 is 0. The van der Waals surface area contributed by atoms with Crippen molar-refractivity contribution in [3.63, 3.8) is 0 Å². The summed E-state index contributed by atoms with van der Waals surface area (Å²) in [6.07, 6.45) is 2.22. The van der Waals surface area contributed by atoms with Crippen molar-refractivity contribution in [2.45, 2.75) is 13.0 Å². The molecule has 1 saturated heterocycles. The molecule has 1 aromatic rings. The fourth-order valence-electron chi connectivity index (χ4n) is 2.03. The minimum absolute atomic E-state index is 0.245. The highest BCUT2D eigenvalue weighted by atomic mass is 16.3. The van der Waals surface area contributed by atoms with Gasteiger partial charge in [-0.1, -0.05) is 0 Å². The summed E-state index contributed by atoms with van der Waals surface area (Å²) in [6.45, 7) is 5.05. The Kier molecular flexibility index (Phi) is 4.78. The molecule has 0 spiro atoms. The molecule has 1 amide bonds. The van der Waals surface area contributed by atoms with Gasteiger partial charge in [-0.25, -0.2) is 0 Å². The van der Waals surface area contributed by atoms with E-state index in [9.17, 15) is 4.79 Å². The average Bonchev–Trinajstić information content (AvgIpc) is 2.88. The molecule has 1 aliphatic rings. The van der Waals surface area contributed by atoms with Gasteiger partial charge in [0.25, 0.3) is 0 Å². The molecule has 5 nitrogen and oxygen atoms in total. The monoisotopic (exact) mass is 251 g/mol. The van der Waals surface area contributed by atoms with Crippen LogP contribution >= 0.6 is 0 Å². The normalized spacial score (nSPS) is 17.1. The maximum absolute atomic E-state index is 11.9. The van der Waals surface area contributed by atoms with Crippen LogP contribution in [0.1, 0.15) is 12.2 Å². The van der Waals surface area contributed by atoms with Crippen LogP contribution in [0.25, 0.3) is 0 Å². The number of likely N-dealkylation sites (N-methyl/N-ethyl adjacent to an activating group) is 1. The Bertz CT molecular complexity index is 356. The molecule has 18 heavy (non-hydrogen) atoms. The second-order valence-corrected chi connectivity index (χ2v) is 4.69. The van der Waals surface area contributed by atoms with E-state index < -0.39 is 0 Å². The summed E-state index contributed by atoms with van der Waals surface area (Å²) in [5.41, 5.74) is 0. The van der Waals surface area contributed by atoms with Crippen molar-refractivity contribution in [1.82, 2.24) is 15.1 Å². The zero-order valence-electron chi connectivity index (χ0n) is 10.9. The van der Waals surface area contributed by atoms with Crippen molar-refractivity contribution in [3.05, 3.63) is 24.2 Å². The zero-order chi connectivity index (χ0) is 12.8. The number of furan rings is 1. The van der Waals surface area contributed by atoms with E-state index in [4.69, 9.17) is 4.42 Å². The number of hydrogen-bond acceptors (Lipinski definition) is 4. The number of nitrogens with one attached hydrogen (secondary N) is 1. The van der Waals surface area contributed by atoms with Gasteiger partial charge in [-0.3, -0.25) is 4.79 Å². The minimum Gasteiger partial charge on any atom is -0.468 e. The van der Waals surface area contributed by atoms with Gasteiger partial charge in [0.05, 0.1) is 12.8 Å². The molecule has 1 fully saturated rings. The van der Waals surface area contributed by atoms with Crippen molar-refractivity contribution in [2.24, 2.45) is 0 Å². The van der Waals surface area contributed by atoms with Crippen molar-refractivity contribution in [3.8, 4) is 0 Å². The first-order valence-corrected chi connectivity index (χ1v) is 6.45. The van der Waals surface area contributed by atoms with Crippen LogP contribution in [-0.4, -0.2) is 55.5 Å². The summed E-state index contributed by atoms with van der Waals surface area (Å²) in [5, 5.41) is 3.21. The number of carbonyl (C=O) groups is 1. The number of nitrogens with zero attached hydrogens (tertiary/aromatic N) is 2. The highest BCUT2D eigenvalue weighted by Gasteiger charge is 2.18. The van der Waals surface area contributed by atoms with Crippen molar-refractivity contribution >= 4 is 5.91 Å². The predicted octanol–water partition coefficient (Wildman–Crippen LogP) is 0.533. The van der Waals surface area contributed by atoms with Gasteiger partial charge in [-0.05, 0) is 19.2 Å². The summed E-state index contributed by atoms with van der Waals surface area (Å²) in [6, 6.07) is 3.79.